The van der Waals surface area contributed by atoms with Crippen LogP contribution in [0.2, 0.25) is 0 Å². The average molecular weight is 392 g/mol. The topological polar surface area (TPSA) is 80.4 Å². The Balaban J connectivity index is 1.48. The van der Waals surface area contributed by atoms with E-state index >= 15 is 0 Å². The van der Waals surface area contributed by atoms with Crippen LogP contribution in [0.4, 0.5) is 16.8 Å². The summed E-state index contributed by atoms with van der Waals surface area (Å²) in [5.41, 5.74) is 8.74. The molecule has 28 heavy (non-hydrogen) atoms. The van der Waals surface area contributed by atoms with Crippen molar-refractivity contribution in [1.82, 2.24) is 15.0 Å². The first kappa shape index (κ1) is 17.2. The number of ether oxygens (including phenoxy) is 1. The van der Waals surface area contributed by atoms with E-state index in [4.69, 9.17) is 15.5 Å². The summed E-state index contributed by atoms with van der Waals surface area (Å²) in [4.78, 5) is 18.1. The predicted octanol–water partition coefficient (Wildman–Crippen LogP) is 2.92. The Hall–Kier alpha value is -2.97. The first-order valence-corrected chi connectivity index (χ1v) is 10.1. The standard InChI is InChI=1S/C20H20N6OS/c21-18-5-4-14(12-22-18)16-3-1-2-6-26(16)19-11-17-15(13-23-19)24-20(28-17)25-7-9-27-10-8-25/h1-5,11-13H,6-10H2,(H2,21,22). The highest BCUT2D eigenvalue weighted by atomic mass is 32.1. The molecule has 5 rings (SSSR count). The van der Waals surface area contributed by atoms with E-state index in [2.05, 4.69) is 44.1 Å². The van der Waals surface area contributed by atoms with Crippen LogP contribution in [0, 0.1) is 0 Å². The van der Waals surface area contributed by atoms with Gasteiger partial charge in [0.05, 0.1) is 29.8 Å². The van der Waals surface area contributed by atoms with Gasteiger partial charge in [0.15, 0.2) is 5.13 Å². The van der Waals surface area contributed by atoms with Crippen LogP contribution in [0.15, 0.2) is 48.8 Å². The highest BCUT2D eigenvalue weighted by Gasteiger charge is 2.19. The zero-order chi connectivity index (χ0) is 18.9. The molecule has 1 fully saturated rings. The molecule has 3 aromatic rings. The Kier molecular flexibility index (Phi) is 4.42. The maximum Gasteiger partial charge on any atom is 0.186 e. The Labute approximate surface area is 166 Å². The van der Waals surface area contributed by atoms with Gasteiger partial charge in [-0.2, -0.15) is 0 Å². The van der Waals surface area contributed by atoms with Crippen LogP contribution in [-0.4, -0.2) is 47.8 Å². The van der Waals surface area contributed by atoms with Gasteiger partial charge in [-0.3, -0.25) is 0 Å². The fourth-order valence-electron chi connectivity index (χ4n) is 3.39. The summed E-state index contributed by atoms with van der Waals surface area (Å²) < 4.78 is 6.58. The smallest absolute Gasteiger partial charge is 0.186 e. The third-order valence-corrected chi connectivity index (χ3v) is 5.94. The van der Waals surface area contributed by atoms with Crippen LogP contribution >= 0.6 is 11.3 Å². The summed E-state index contributed by atoms with van der Waals surface area (Å²) in [5.74, 6) is 1.42. The number of allylic oxidation sites excluding steroid dienone is 2. The molecule has 0 spiro atoms. The number of pyridine rings is 2. The number of thiazole rings is 1. The molecule has 1 saturated heterocycles. The molecule has 0 amide bonds. The van der Waals surface area contributed by atoms with E-state index in [1.54, 1.807) is 17.5 Å². The van der Waals surface area contributed by atoms with E-state index in [-0.39, 0.29) is 0 Å². The van der Waals surface area contributed by atoms with Gasteiger partial charge in [0, 0.05) is 37.5 Å². The maximum absolute atomic E-state index is 5.74. The van der Waals surface area contributed by atoms with Crippen molar-refractivity contribution in [2.24, 2.45) is 0 Å². The lowest BCUT2D eigenvalue weighted by molar-refractivity contribution is 0.122. The second-order valence-electron chi connectivity index (χ2n) is 6.67. The van der Waals surface area contributed by atoms with Crippen molar-refractivity contribution in [3.63, 3.8) is 0 Å². The molecule has 3 aromatic heterocycles. The van der Waals surface area contributed by atoms with Gasteiger partial charge in [0.2, 0.25) is 0 Å². The fourth-order valence-corrected chi connectivity index (χ4v) is 4.41. The molecular weight excluding hydrogens is 372 g/mol. The number of rotatable bonds is 3. The summed E-state index contributed by atoms with van der Waals surface area (Å²) >= 11 is 1.71. The fraction of sp³-hybridized carbons (Fsp3) is 0.250. The van der Waals surface area contributed by atoms with Gasteiger partial charge < -0.3 is 20.3 Å². The van der Waals surface area contributed by atoms with Crippen LogP contribution in [-0.2, 0) is 4.74 Å². The van der Waals surface area contributed by atoms with Crippen LogP contribution < -0.4 is 15.5 Å². The van der Waals surface area contributed by atoms with Crippen molar-refractivity contribution < 1.29 is 4.74 Å². The van der Waals surface area contributed by atoms with Crippen molar-refractivity contribution in [1.29, 1.82) is 0 Å². The summed E-state index contributed by atoms with van der Waals surface area (Å²) in [5, 5.41) is 1.04. The molecule has 2 aliphatic rings. The van der Waals surface area contributed by atoms with E-state index in [0.717, 1.165) is 65.3 Å². The van der Waals surface area contributed by atoms with E-state index in [1.165, 1.54) is 0 Å². The molecular formula is C20H20N6OS. The minimum absolute atomic E-state index is 0.516. The second-order valence-corrected chi connectivity index (χ2v) is 7.68. The molecule has 2 N–H and O–H groups in total. The zero-order valence-corrected chi connectivity index (χ0v) is 16.1. The molecule has 7 nitrogen and oxygen atoms in total. The molecule has 8 heteroatoms. The third kappa shape index (κ3) is 3.21. The summed E-state index contributed by atoms with van der Waals surface area (Å²) in [6, 6.07) is 5.93. The molecule has 0 atom stereocenters. The van der Waals surface area contributed by atoms with Crippen LogP contribution in [0.3, 0.4) is 0 Å². The van der Waals surface area contributed by atoms with Gasteiger partial charge in [-0.05, 0) is 18.2 Å². The van der Waals surface area contributed by atoms with E-state index < -0.39 is 0 Å². The number of nitrogens with zero attached hydrogens (tertiary/aromatic N) is 5. The Morgan fingerprint density at radius 1 is 1.11 bits per heavy atom. The number of morpholine rings is 1. The Morgan fingerprint density at radius 2 is 2.00 bits per heavy atom. The Bertz CT molecular complexity index is 1050. The van der Waals surface area contributed by atoms with Crippen LogP contribution in [0.1, 0.15) is 5.56 Å². The van der Waals surface area contributed by atoms with Gasteiger partial charge in [-0.25, -0.2) is 15.0 Å². The Morgan fingerprint density at radius 3 is 2.82 bits per heavy atom. The van der Waals surface area contributed by atoms with Crippen molar-refractivity contribution in [2.75, 3.05) is 48.4 Å². The minimum atomic E-state index is 0.516. The molecule has 5 heterocycles. The predicted molar refractivity (Wildman–Crippen MR) is 114 cm³/mol. The summed E-state index contributed by atoms with van der Waals surface area (Å²) in [7, 11) is 0. The first-order valence-electron chi connectivity index (χ1n) is 9.23. The molecule has 0 aliphatic carbocycles. The highest BCUT2D eigenvalue weighted by molar-refractivity contribution is 7.22. The lowest BCUT2D eigenvalue weighted by Crippen LogP contribution is -2.36. The van der Waals surface area contributed by atoms with Gasteiger partial charge in [-0.15, -0.1) is 0 Å². The SMILES string of the molecule is Nc1ccc(C2=CC=CCN2c2cc3sc(N4CCOCC4)nc3cn2)cn1. The summed E-state index contributed by atoms with van der Waals surface area (Å²) in [6.07, 6.45) is 9.92. The minimum Gasteiger partial charge on any atom is -0.384 e. The lowest BCUT2D eigenvalue weighted by atomic mass is 10.1. The number of fused-ring (bicyclic) bond motifs is 1. The van der Waals surface area contributed by atoms with Gasteiger partial charge in [0.25, 0.3) is 0 Å². The number of anilines is 3. The van der Waals surface area contributed by atoms with E-state index in [0.29, 0.717) is 5.82 Å². The van der Waals surface area contributed by atoms with Gasteiger partial charge in [0.1, 0.15) is 17.2 Å². The molecule has 0 bridgehead atoms. The van der Waals surface area contributed by atoms with Gasteiger partial charge >= 0.3 is 0 Å². The monoisotopic (exact) mass is 392 g/mol. The molecule has 0 saturated carbocycles. The number of aromatic nitrogens is 3. The number of nitrogens with two attached hydrogens (primary N) is 1. The summed E-state index contributed by atoms with van der Waals surface area (Å²) in [6.45, 7) is 4.03. The zero-order valence-electron chi connectivity index (χ0n) is 15.3. The van der Waals surface area contributed by atoms with Gasteiger partial charge in [-0.1, -0.05) is 23.5 Å². The molecule has 0 unspecified atom stereocenters. The van der Waals surface area contributed by atoms with Crippen molar-refractivity contribution >= 4 is 44.0 Å². The number of hydrogen-bond donors (Lipinski definition) is 1. The molecule has 0 aromatic carbocycles. The molecule has 0 radical (unpaired) electrons. The van der Waals surface area contributed by atoms with E-state index in [9.17, 15) is 0 Å². The van der Waals surface area contributed by atoms with Crippen molar-refractivity contribution in [3.8, 4) is 0 Å². The third-order valence-electron chi connectivity index (χ3n) is 4.86. The lowest BCUT2D eigenvalue weighted by Gasteiger charge is -2.27. The highest BCUT2D eigenvalue weighted by Crippen LogP contribution is 2.33. The van der Waals surface area contributed by atoms with Crippen molar-refractivity contribution in [2.45, 2.75) is 0 Å². The van der Waals surface area contributed by atoms with E-state index in [1.807, 2.05) is 18.3 Å². The van der Waals surface area contributed by atoms with Crippen LogP contribution in [0.5, 0.6) is 0 Å². The van der Waals surface area contributed by atoms with Crippen molar-refractivity contribution in [3.05, 3.63) is 54.4 Å². The normalized spacial score (nSPS) is 17.2. The first-order chi connectivity index (χ1) is 13.8. The molecule has 142 valence electrons. The number of nitrogen functional groups attached to an aromatic ring is 1. The van der Waals surface area contributed by atoms with Crippen LogP contribution in [0.25, 0.3) is 15.9 Å². The average Bonchev–Trinajstić information content (AvgIpc) is 3.18. The largest absolute Gasteiger partial charge is 0.384 e. The second kappa shape index (κ2) is 7.21. The number of hydrogen-bond acceptors (Lipinski definition) is 8. The maximum atomic E-state index is 5.74. The molecule has 2 aliphatic heterocycles. The quantitative estimate of drug-likeness (QED) is 0.734.